The van der Waals surface area contributed by atoms with E-state index in [-0.39, 0.29) is 39.3 Å². The molecule has 3 aliphatic heterocycles. The van der Waals surface area contributed by atoms with Crippen molar-refractivity contribution in [2.75, 3.05) is 9.80 Å². The van der Waals surface area contributed by atoms with Gasteiger partial charge in [-0.05, 0) is 147 Å². The summed E-state index contributed by atoms with van der Waals surface area (Å²) in [6, 6.07) is 44.5. The molecule has 6 aromatic rings. The fraction of sp³-hybridized carbons (Fsp3) is 0.410. The SMILES string of the molecule is Cc1cc2c3c(c1)N(c1cccc4c1-c1ccccc1C4(C)C)c1cc(N4c5ccc(C(C)(C)C)cc5C5(C)CCCCC45C)ccc1B3c1cccc3c1C2C1(C)CCCCC31C. The Balaban J connectivity index is 1.11. The van der Waals surface area contributed by atoms with Crippen molar-refractivity contribution < 1.29 is 0 Å². The van der Waals surface area contributed by atoms with Crippen molar-refractivity contribution in [3.8, 4) is 11.1 Å². The molecule has 322 valence electrons. The minimum absolute atomic E-state index is 0.0457. The Hall–Kier alpha value is -5.02. The lowest BCUT2D eigenvalue weighted by Gasteiger charge is -2.51. The highest BCUT2D eigenvalue weighted by molar-refractivity contribution is 6.99. The fourth-order valence-corrected chi connectivity index (χ4v) is 15.9. The van der Waals surface area contributed by atoms with Gasteiger partial charge in [-0.2, -0.15) is 0 Å². The number of hydrogen-bond donors (Lipinski definition) is 0. The molecule has 2 fully saturated rings. The van der Waals surface area contributed by atoms with Gasteiger partial charge in [0.1, 0.15) is 0 Å². The average molecular weight is 837 g/mol. The number of benzene rings is 6. The maximum atomic E-state index is 2.82. The number of anilines is 5. The minimum atomic E-state index is -0.0958. The summed E-state index contributed by atoms with van der Waals surface area (Å²) < 4.78 is 0. The molecule has 7 aliphatic rings. The second kappa shape index (κ2) is 12.4. The molecule has 0 aromatic heterocycles. The molecule has 5 atom stereocenters. The Morgan fingerprint density at radius 1 is 0.578 bits per heavy atom. The average Bonchev–Trinajstić information content (AvgIpc) is 3.73. The first kappa shape index (κ1) is 39.4. The molecule has 64 heavy (non-hydrogen) atoms. The topological polar surface area (TPSA) is 6.48 Å². The van der Waals surface area contributed by atoms with Gasteiger partial charge in [-0.25, -0.2) is 0 Å². The van der Waals surface area contributed by atoms with Crippen LogP contribution in [0.3, 0.4) is 0 Å². The molecule has 3 heteroatoms. The molecular formula is C61H65BN2. The molecule has 0 N–H and O–H groups in total. The van der Waals surface area contributed by atoms with Gasteiger partial charge in [0.2, 0.25) is 6.71 Å². The zero-order valence-corrected chi connectivity index (χ0v) is 40.1. The maximum Gasteiger partial charge on any atom is 0.247 e. The van der Waals surface area contributed by atoms with E-state index in [2.05, 4.69) is 188 Å². The van der Waals surface area contributed by atoms with E-state index < -0.39 is 0 Å². The van der Waals surface area contributed by atoms with Gasteiger partial charge in [0.15, 0.2) is 0 Å². The molecule has 0 bridgehead atoms. The predicted octanol–water partition coefficient (Wildman–Crippen LogP) is 13.9. The van der Waals surface area contributed by atoms with Crippen LogP contribution in [0.1, 0.15) is 164 Å². The normalized spacial score (nSPS) is 28.4. The molecule has 13 rings (SSSR count). The summed E-state index contributed by atoms with van der Waals surface area (Å²) >= 11 is 0. The van der Waals surface area contributed by atoms with Gasteiger partial charge in [-0.1, -0.05) is 165 Å². The summed E-state index contributed by atoms with van der Waals surface area (Å²) in [5, 5.41) is 0. The summed E-state index contributed by atoms with van der Waals surface area (Å²) in [7, 11) is 0. The van der Waals surface area contributed by atoms with E-state index in [1.54, 1.807) is 33.2 Å². The molecule has 3 heterocycles. The van der Waals surface area contributed by atoms with E-state index in [0.29, 0.717) is 5.92 Å². The number of hydrogen-bond acceptors (Lipinski definition) is 2. The van der Waals surface area contributed by atoms with Gasteiger partial charge in [-0.15, -0.1) is 0 Å². The zero-order valence-electron chi connectivity index (χ0n) is 40.1. The van der Waals surface area contributed by atoms with Crippen LogP contribution in [0.15, 0.2) is 109 Å². The van der Waals surface area contributed by atoms with Crippen molar-refractivity contribution in [3.63, 3.8) is 0 Å². The lowest BCUT2D eigenvalue weighted by Crippen LogP contribution is -2.62. The molecule has 0 amide bonds. The van der Waals surface area contributed by atoms with Gasteiger partial charge < -0.3 is 9.80 Å². The van der Waals surface area contributed by atoms with E-state index >= 15 is 0 Å². The standard InChI is InChI=1S/C61H65BN2/c1-37-33-41-54-53-44(58(7)29-13-14-31-60(54,58)9)22-17-23-47(53)62-46-27-26-39(64-48-28-25-38(56(2,3)4)35-45(48)59(8)30-15-16-32-61(59,64)10)36-50(46)63(51(34-37)55(41)62)49-24-18-21-43-52(49)40-19-11-12-20-42(40)57(43,5)6/h11-12,17-28,33-36,54H,13-16,29-32H2,1-10H3. The number of aryl methyl sites for hydroxylation is 1. The van der Waals surface area contributed by atoms with Crippen LogP contribution in [0.5, 0.6) is 0 Å². The van der Waals surface area contributed by atoms with Gasteiger partial charge in [0.05, 0.1) is 11.2 Å². The van der Waals surface area contributed by atoms with Gasteiger partial charge in [0, 0.05) is 45.1 Å². The first-order chi connectivity index (χ1) is 30.5. The second-order valence-corrected chi connectivity index (χ2v) is 24.0. The third-order valence-electron chi connectivity index (χ3n) is 19.7. The third-order valence-corrected chi connectivity index (χ3v) is 19.7. The number of nitrogens with zero attached hydrogens (tertiary/aromatic N) is 2. The summed E-state index contributed by atoms with van der Waals surface area (Å²) in [6.45, 7) is 25.0. The van der Waals surface area contributed by atoms with Crippen LogP contribution in [0, 0.1) is 12.3 Å². The molecule has 0 radical (unpaired) electrons. The third kappa shape index (κ3) is 4.56. The van der Waals surface area contributed by atoms with Gasteiger partial charge >= 0.3 is 0 Å². The predicted molar refractivity (Wildman–Crippen MR) is 272 cm³/mol. The number of fused-ring (bicyclic) bond motifs is 13. The molecule has 5 unspecified atom stereocenters. The maximum absolute atomic E-state index is 2.82. The van der Waals surface area contributed by atoms with E-state index in [0.717, 1.165) is 0 Å². The van der Waals surface area contributed by atoms with Crippen LogP contribution in [0.25, 0.3) is 11.1 Å². The molecule has 2 nitrogen and oxygen atoms in total. The molecule has 6 aromatic carbocycles. The highest BCUT2D eigenvalue weighted by atomic mass is 15.3. The van der Waals surface area contributed by atoms with Crippen LogP contribution < -0.4 is 26.2 Å². The Kier molecular flexibility index (Phi) is 7.66. The second-order valence-electron chi connectivity index (χ2n) is 24.0. The first-order valence-corrected chi connectivity index (χ1v) is 24.9. The van der Waals surface area contributed by atoms with Crippen molar-refractivity contribution >= 4 is 51.5 Å². The van der Waals surface area contributed by atoms with Crippen molar-refractivity contribution in [1.82, 2.24) is 0 Å². The summed E-state index contributed by atoms with van der Waals surface area (Å²) in [5.41, 5.74) is 26.5. The minimum Gasteiger partial charge on any atom is -0.334 e. The van der Waals surface area contributed by atoms with E-state index in [4.69, 9.17) is 0 Å². The van der Waals surface area contributed by atoms with Crippen LogP contribution in [-0.2, 0) is 21.7 Å². The zero-order chi connectivity index (χ0) is 44.1. The monoisotopic (exact) mass is 837 g/mol. The molecule has 4 aliphatic carbocycles. The molecular weight excluding hydrogens is 771 g/mol. The van der Waals surface area contributed by atoms with Crippen molar-refractivity contribution in [1.29, 1.82) is 0 Å². The van der Waals surface area contributed by atoms with Crippen molar-refractivity contribution in [2.24, 2.45) is 5.41 Å². The smallest absolute Gasteiger partial charge is 0.247 e. The molecule has 2 saturated carbocycles. The van der Waals surface area contributed by atoms with Crippen LogP contribution in [-0.4, -0.2) is 12.3 Å². The number of rotatable bonds is 2. The van der Waals surface area contributed by atoms with Crippen molar-refractivity contribution in [3.05, 3.63) is 154 Å². The van der Waals surface area contributed by atoms with Crippen LogP contribution in [0.4, 0.5) is 28.4 Å². The summed E-state index contributed by atoms with van der Waals surface area (Å²) in [6.07, 6.45) is 10.2. The lowest BCUT2D eigenvalue weighted by molar-refractivity contribution is 0.0926. The molecule has 0 saturated heterocycles. The highest BCUT2D eigenvalue weighted by Crippen LogP contribution is 2.68. The quantitative estimate of drug-likeness (QED) is 0.160. The van der Waals surface area contributed by atoms with Crippen LogP contribution >= 0.6 is 0 Å². The Morgan fingerprint density at radius 2 is 1.30 bits per heavy atom. The Bertz CT molecular complexity index is 3040. The van der Waals surface area contributed by atoms with Gasteiger partial charge in [0.25, 0.3) is 0 Å². The molecule has 0 spiro atoms. The Morgan fingerprint density at radius 3 is 2.11 bits per heavy atom. The largest absolute Gasteiger partial charge is 0.334 e. The van der Waals surface area contributed by atoms with E-state index in [1.807, 2.05) is 0 Å². The fourth-order valence-electron chi connectivity index (χ4n) is 15.9. The Labute approximate surface area is 383 Å². The summed E-state index contributed by atoms with van der Waals surface area (Å²) in [4.78, 5) is 5.59. The van der Waals surface area contributed by atoms with Crippen molar-refractivity contribution in [2.45, 2.75) is 154 Å². The van der Waals surface area contributed by atoms with Gasteiger partial charge in [-0.3, -0.25) is 0 Å². The van der Waals surface area contributed by atoms with E-state index in [1.165, 1.54) is 119 Å². The first-order valence-electron chi connectivity index (χ1n) is 24.9. The lowest BCUT2D eigenvalue weighted by atomic mass is 9.30. The van der Waals surface area contributed by atoms with Crippen LogP contribution in [0.2, 0.25) is 0 Å². The highest BCUT2D eigenvalue weighted by Gasteiger charge is 2.63. The van der Waals surface area contributed by atoms with E-state index in [9.17, 15) is 0 Å². The summed E-state index contributed by atoms with van der Waals surface area (Å²) in [5.74, 6) is 0.390.